The summed E-state index contributed by atoms with van der Waals surface area (Å²) < 4.78 is 26.7. The van der Waals surface area contributed by atoms with Gasteiger partial charge in [0.15, 0.2) is 0 Å². The van der Waals surface area contributed by atoms with Crippen LogP contribution in [-0.2, 0) is 27.9 Å². The summed E-state index contributed by atoms with van der Waals surface area (Å²) in [5.74, 6) is -0.142. The Hall–Kier alpha value is -2.48. The summed E-state index contributed by atoms with van der Waals surface area (Å²) in [4.78, 5) is 15.1. The fourth-order valence-corrected chi connectivity index (χ4v) is 5.70. The van der Waals surface area contributed by atoms with Crippen LogP contribution in [0.1, 0.15) is 42.4 Å². The maximum Gasteiger partial charge on any atom is 0.236 e. The first-order valence-corrected chi connectivity index (χ1v) is 13.3. The number of sulfonamides is 1. The number of likely N-dealkylation sites (tertiary alicyclic amines) is 1. The second-order valence-electron chi connectivity index (χ2n) is 8.95. The number of piperidine rings is 1. The predicted octanol–water partition coefficient (Wildman–Crippen LogP) is 3.61. The van der Waals surface area contributed by atoms with Crippen molar-refractivity contribution in [1.82, 2.24) is 14.5 Å². The number of hydrogen-bond donors (Lipinski definition) is 1. The van der Waals surface area contributed by atoms with E-state index in [0.29, 0.717) is 32.5 Å². The third-order valence-corrected chi connectivity index (χ3v) is 8.08. The Labute approximate surface area is 197 Å². The van der Waals surface area contributed by atoms with Crippen LogP contribution in [0.2, 0.25) is 0 Å². The lowest BCUT2D eigenvalue weighted by Gasteiger charge is -2.29. The van der Waals surface area contributed by atoms with Crippen molar-refractivity contribution in [3.63, 3.8) is 0 Å². The van der Waals surface area contributed by atoms with Crippen LogP contribution in [0, 0.1) is 5.92 Å². The molecule has 1 N–H and O–H groups in total. The Morgan fingerprint density at radius 1 is 0.909 bits per heavy atom. The summed E-state index contributed by atoms with van der Waals surface area (Å²) in [6.07, 6.45) is 5.28. The van der Waals surface area contributed by atoms with Gasteiger partial charge in [0.05, 0.1) is 0 Å². The number of rotatable bonds is 8. The van der Waals surface area contributed by atoms with Gasteiger partial charge in [0.25, 0.3) is 0 Å². The number of benzene rings is 2. The Morgan fingerprint density at radius 2 is 1.55 bits per heavy atom. The number of hydrogen-bond acceptors (Lipinski definition) is 4. The normalized spacial score (nSPS) is 18.7. The van der Waals surface area contributed by atoms with Gasteiger partial charge in [-0.05, 0) is 61.5 Å². The Morgan fingerprint density at radius 3 is 2.21 bits per heavy atom. The molecule has 2 aromatic rings. The van der Waals surface area contributed by atoms with Crippen molar-refractivity contribution in [2.45, 2.75) is 38.8 Å². The molecule has 0 bridgehead atoms. The molecule has 0 radical (unpaired) electrons. The van der Waals surface area contributed by atoms with Crippen LogP contribution in [0.5, 0.6) is 0 Å². The molecule has 1 amide bonds. The van der Waals surface area contributed by atoms with Gasteiger partial charge in [0.1, 0.15) is 0 Å². The molecule has 7 heteroatoms. The van der Waals surface area contributed by atoms with Crippen LogP contribution in [0.3, 0.4) is 0 Å². The topological polar surface area (TPSA) is 69.7 Å². The Bertz CT molecular complexity index is 1040. The highest BCUT2D eigenvalue weighted by Crippen LogP contribution is 2.21. The van der Waals surface area contributed by atoms with Gasteiger partial charge >= 0.3 is 0 Å². The minimum atomic E-state index is -3.48. The second kappa shape index (κ2) is 11.1. The first kappa shape index (κ1) is 23.7. The highest BCUT2D eigenvalue weighted by Gasteiger charge is 2.29. The molecule has 2 fully saturated rings. The lowest BCUT2D eigenvalue weighted by molar-refractivity contribution is -0.126. The molecule has 33 heavy (non-hydrogen) atoms. The zero-order valence-electron chi connectivity index (χ0n) is 19.0. The van der Waals surface area contributed by atoms with Crippen molar-refractivity contribution in [2.75, 3.05) is 26.2 Å². The van der Waals surface area contributed by atoms with E-state index in [-0.39, 0.29) is 11.8 Å². The first-order chi connectivity index (χ1) is 16.0. The molecule has 2 aliphatic heterocycles. The molecule has 2 saturated heterocycles. The number of carbonyl (C=O) groups is 1. The second-order valence-corrected chi connectivity index (χ2v) is 10.8. The minimum absolute atomic E-state index is 0.00742. The molecule has 0 atom stereocenters. The summed E-state index contributed by atoms with van der Waals surface area (Å²) >= 11 is 0. The Balaban J connectivity index is 1.21. The van der Waals surface area contributed by atoms with Crippen LogP contribution >= 0.6 is 0 Å². The molecule has 2 aromatic carbocycles. The fourth-order valence-electron chi connectivity index (χ4n) is 4.48. The summed E-state index contributed by atoms with van der Waals surface area (Å²) in [5, 5.41) is 4.29. The minimum Gasteiger partial charge on any atom is -0.352 e. The zero-order chi connectivity index (χ0) is 23.1. The lowest BCUT2D eigenvalue weighted by atomic mass is 9.97. The molecule has 6 nitrogen and oxygen atoms in total. The van der Waals surface area contributed by atoms with Gasteiger partial charge in [0.2, 0.25) is 15.9 Å². The van der Waals surface area contributed by atoms with Crippen molar-refractivity contribution in [1.29, 1.82) is 0 Å². The molecule has 0 saturated carbocycles. The molecule has 4 rings (SSSR count). The molecule has 0 aromatic heterocycles. The quantitative estimate of drug-likeness (QED) is 0.644. The molecular formula is C26H33N3O3S. The Kier molecular flexibility index (Phi) is 7.96. The van der Waals surface area contributed by atoms with Crippen molar-refractivity contribution < 1.29 is 13.2 Å². The maximum atomic E-state index is 12.6. The number of amides is 1. The monoisotopic (exact) mass is 467 g/mol. The van der Waals surface area contributed by atoms with Crippen LogP contribution in [0.4, 0.5) is 0 Å². The number of nitrogens with zero attached hydrogens (tertiary/aromatic N) is 2. The van der Waals surface area contributed by atoms with E-state index >= 15 is 0 Å². The van der Waals surface area contributed by atoms with Gasteiger partial charge in [-0.2, -0.15) is 4.31 Å². The van der Waals surface area contributed by atoms with Gasteiger partial charge in [0, 0.05) is 37.5 Å². The molecule has 176 valence electrons. The van der Waals surface area contributed by atoms with Gasteiger partial charge in [-0.1, -0.05) is 54.6 Å². The average Bonchev–Trinajstić information content (AvgIpc) is 3.36. The van der Waals surface area contributed by atoms with E-state index in [1.54, 1.807) is 6.08 Å². The van der Waals surface area contributed by atoms with Crippen LogP contribution in [0.15, 0.2) is 60.0 Å². The van der Waals surface area contributed by atoms with E-state index in [2.05, 4.69) is 34.5 Å². The fraction of sp³-hybridized carbons (Fsp3) is 0.423. The summed E-state index contributed by atoms with van der Waals surface area (Å²) in [5.41, 5.74) is 3.24. The SMILES string of the molecule is O=C(NCc1ccc(CN2CCCC2)cc1)C1CCN(S(=O)(=O)C=Cc2ccccc2)CC1. The number of nitrogens with one attached hydrogen (secondary N) is 1. The lowest BCUT2D eigenvalue weighted by Crippen LogP contribution is -2.42. The summed E-state index contributed by atoms with van der Waals surface area (Å²) in [6.45, 7) is 4.59. The molecule has 0 aliphatic carbocycles. The van der Waals surface area contributed by atoms with Crippen LogP contribution < -0.4 is 5.32 Å². The van der Waals surface area contributed by atoms with Gasteiger partial charge < -0.3 is 5.32 Å². The summed E-state index contributed by atoms with van der Waals surface area (Å²) in [7, 11) is -3.48. The van der Waals surface area contributed by atoms with Crippen molar-refractivity contribution in [2.24, 2.45) is 5.92 Å². The van der Waals surface area contributed by atoms with Crippen LogP contribution in [-0.4, -0.2) is 49.7 Å². The third kappa shape index (κ3) is 6.76. The largest absolute Gasteiger partial charge is 0.352 e. The van der Waals surface area contributed by atoms with Crippen molar-refractivity contribution in [3.05, 3.63) is 76.7 Å². The van der Waals surface area contributed by atoms with Gasteiger partial charge in [-0.15, -0.1) is 0 Å². The van der Waals surface area contributed by atoms with E-state index in [1.165, 1.54) is 41.2 Å². The third-order valence-electron chi connectivity index (χ3n) is 6.51. The van der Waals surface area contributed by atoms with Gasteiger partial charge in [-0.25, -0.2) is 8.42 Å². The summed E-state index contributed by atoms with van der Waals surface area (Å²) in [6, 6.07) is 17.8. The molecule has 2 heterocycles. The first-order valence-electron chi connectivity index (χ1n) is 11.8. The zero-order valence-corrected chi connectivity index (χ0v) is 19.8. The van der Waals surface area contributed by atoms with E-state index < -0.39 is 10.0 Å². The van der Waals surface area contributed by atoms with E-state index in [9.17, 15) is 13.2 Å². The smallest absolute Gasteiger partial charge is 0.236 e. The highest BCUT2D eigenvalue weighted by molar-refractivity contribution is 7.92. The molecular weight excluding hydrogens is 434 g/mol. The highest BCUT2D eigenvalue weighted by atomic mass is 32.2. The van der Waals surface area contributed by atoms with E-state index in [4.69, 9.17) is 0 Å². The standard InChI is InChI=1S/C26H33N3O3S/c30-26(27-20-23-8-10-24(11-9-23)21-28-15-4-5-16-28)25-12-17-29(18-13-25)33(31,32)19-14-22-6-2-1-3-7-22/h1-3,6-11,14,19,25H,4-5,12-13,15-18,20-21H2,(H,27,30). The van der Waals surface area contributed by atoms with Gasteiger partial charge in [-0.3, -0.25) is 9.69 Å². The number of carbonyl (C=O) groups excluding carboxylic acids is 1. The molecule has 2 aliphatic rings. The van der Waals surface area contributed by atoms with E-state index in [0.717, 1.165) is 17.7 Å². The predicted molar refractivity (Wildman–Crippen MR) is 131 cm³/mol. The van der Waals surface area contributed by atoms with Crippen molar-refractivity contribution >= 4 is 22.0 Å². The average molecular weight is 468 g/mol. The maximum absolute atomic E-state index is 12.6. The molecule has 0 spiro atoms. The van der Waals surface area contributed by atoms with Crippen LogP contribution in [0.25, 0.3) is 6.08 Å². The van der Waals surface area contributed by atoms with Crippen molar-refractivity contribution in [3.8, 4) is 0 Å². The van der Waals surface area contributed by atoms with E-state index in [1.807, 2.05) is 30.3 Å². The molecule has 0 unspecified atom stereocenters.